The number of nitrogens with zero attached hydrogens (tertiary/aromatic N) is 3. The van der Waals surface area contributed by atoms with Crippen LogP contribution >= 0.6 is 23.2 Å². The van der Waals surface area contributed by atoms with E-state index < -0.39 is 5.66 Å². The van der Waals surface area contributed by atoms with Crippen molar-refractivity contribution < 1.29 is 9.59 Å². The molecule has 2 aliphatic rings. The van der Waals surface area contributed by atoms with Crippen LogP contribution in [0.15, 0.2) is 52.4 Å². The first kappa shape index (κ1) is 36.5. The minimum atomic E-state index is -0.651. The molecule has 8 nitrogen and oxygen atoms in total. The molecule has 1 aliphatic heterocycles. The van der Waals surface area contributed by atoms with Crippen molar-refractivity contribution in [1.29, 1.82) is 0 Å². The predicted molar refractivity (Wildman–Crippen MR) is 187 cm³/mol. The summed E-state index contributed by atoms with van der Waals surface area (Å²) in [5.41, 5.74) is 12.2. The van der Waals surface area contributed by atoms with Gasteiger partial charge in [0.2, 0.25) is 0 Å². The first-order valence-corrected chi connectivity index (χ1v) is 16.6. The third kappa shape index (κ3) is 9.08. The highest BCUT2D eigenvalue weighted by molar-refractivity contribution is 6.47. The first-order chi connectivity index (χ1) is 21.2. The van der Waals surface area contributed by atoms with Gasteiger partial charge in [0.15, 0.2) is 0 Å². The maximum atomic E-state index is 14.5. The minimum Gasteiger partial charge on any atom is -0.386 e. The Kier molecular flexibility index (Phi) is 12.6. The summed E-state index contributed by atoms with van der Waals surface area (Å²) in [5, 5.41) is 3.74. The maximum absolute atomic E-state index is 14.5. The van der Waals surface area contributed by atoms with E-state index in [1.807, 2.05) is 29.2 Å². The highest BCUT2D eigenvalue weighted by Gasteiger charge is 2.52. The van der Waals surface area contributed by atoms with Crippen molar-refractivity contribution in [3.8, 4) is 0 Å². The van der Waals surface area contributed by atoms with Gasteiger partial charge in [-0.2, -0.15) is 0 Å². The molecule has 2 aromatic carbocycles. The lowest BCUT2D eigenvalue weighted by Gasteiger charge is -2.46. The van der Waals surface area contributed by atoms with Crippen molar-refractivity contribution in [3.63, 3.8) is 0 Å². The third-order valence-corrected chi connectivity index (χ3v) is 9.29. The molecule has 4 rings (SSSR count). The first-order valence-electron chi connectivity index (χ1n) is 15.8. The van der Waals surface area contributed by atoms with Crippen molar-refractivity contribution in [2.75, 3.05) is 20.6 Å². The zero-order valence-corrected chi connectivity index (χ0v) is 29.3. The van der Waals surface area contributed by atoms with Crippen molar-refractivity contribution in [2.45, 2.75) is 84.8 Å². The summed E-state index contributed by atoms with van der Waals surface area (Å²) in [5.74, 6) is 1.20. The lowest BCUT2D eigenvalue weighted by Crippen LogP contribution is -2.51. The van der Waals surface area contributed by atoms with Crippen LogP contribution in [0.5, 0.6) is 0 Å². The maximum Gasteiger partial charge on any atom is 0.275 e. The molecule has 2 aromatic rings. The lowest BCUT2D eigenvalue weighted by molar-refractivity contribution is -0.133. The van der Waals surface area contributed by atoms with Gasteiger partial charge >= 0.3 is 0 Å². The number of carbonyl (C=O) groups is 2. The SMILES string of the molecule is CN.CN=C(N)CNC(=O)c1ccc(C(CCC(C)(C)C)N2C(=O)C(c3cc(Cl)cc(Cl)c3)=NC23CCC(C(C)C)CC3)cc1. The molecule has 1 unspecified atom stereocenters. The zero-order valence-electron chi connectivity index (χ0n) is 27.8. The molecule has 1 heterocycles. The van der Waals surface area contributed by atoms with E-state index in [1.54, 1.807) is 25.2 Å². The van der Waals surface area contributed by atoms with Crippen LogP contribution in [0.2, 0.25) is 10.0 Å². The quantitative estimate of drug-likeness (QED) is 0.198. The molecule has 1 aliphatic carbocycles. The predicted octanol–water partition coefficient (Wildman–Crippen LogP) is 7.03. The van der Waals surface area contributed by atoms with Gasteiger partial charge in [-0.15, -0.1) is 0 Å². The molecule has 0 aromatic heterocycles. The minimum absolute atomic E-state index is 0.0637. The van der Waals surface area contributed by atoms with Crippen LogP contribution in [0.4, 0.5) is 0 Å². The number of amidine groups is 1. The summed E-state index contributed by atoms with van der Waals surface area (Å²) in [6, 6.07) is 12.6. The van der Waals surface area contributed by atoms with E-state index >= 15 is 0 Å². The van der Waals surface area contributed by atoms with Crippen LogP contribution < -0.4 is 16.8 Å². The Morgan fingerprint density at radius 1 is 1.09 bits per heavy atom. The third-order valence-electron chi connectivity index (χ3n) is 8.85. The number of hydrogen-bond acceptors (Lipinski definition) is 5. The Morgan fingerprint density at radius 2 is 1.67 bits per heavy atom. The van der Waals surface area contributed by atoms with Gasteiger partial charge in [0, 0.05) is 28.2 Å². The molecular weight excluding hydrogens is 607 g/mol. The van der Waals surface area contributed by atoms with Crippen LogP contribution in [-0.2, 0) is 4.79 Å². The Morgan fingerprint density at radius 3 is 2.18 bits per heavy atom. The van der Waals surface area contributed by atoms with Crippen molar-refractivity contribution in [3.05, 3.63) is 69.2 Å². The molecule has 1 fully saturated rings. The molecule has 45 heavy (non-hydrogen) atoms. The fourth-order valence-electron chi connectivity index (χ4n) is 6.27. The van der Waals surface area contributed by atoms with Gasteiger partial charge < -0.3 is 21.7 Å². The molecule has 2 amide bonds. The average Bonchev–Trinajstić information content (AvgIpc) is 3.27. The lowest BCUT2D eigenvalue weighted by atomic mass is 9.75. The van der Waals surface area contributed by atoms with Crippen molar-refractivity contribution >= 4 is 46.6 Å². The van der Waals surface area contributed by atoms with Gasteiger partial charge in [0.1, 0.15) is 17.2 Å². The molecule has 5 N–H and O–H groups in total. The molecule has 10 heteroatoms. The van der Waals surface area contributed by atoms with Gasteiger partial charge in [0.05, 0.1) is 12.6 Å². The number of benzene rings is 2. The molecule has 246 valence electrons. The van der Waals surface area contributed by atoms with Gasteiger partial charge in [-0.3, -0.25) is 19.6 Å². The van der Waals surface area contributed by atoms with E-state index in [2.05, 4.69) is 50.7 Å². The smallest absolute Gasteiger partial charge is 0.275 e. The van der Waals surface area contributed by atoms with E-state index in [9.17, 15) is 9.59 Å². The Bertz CT molecular complexity index is 1370. The zero-order chi connectivity index (χ0) is 33.5. The standard InChI is InChI=1S/C34H45Cl2N5O2.CH5N/c1-21(2)22-11-15-34(16-12-22)40-30(25-17-26(35)19-27(36)18-25)32(43)41(34)28(13-14-33(3,4)5)23-7-9-24(10-8-23)31(42)39-20-29(37)38-6;1-2/h7-10,17-19,21-22,28H,11-16,20H2,1-6H3,(H2,37,38)(H,39,42);2H2,1H3. The van der Waals surface area contributed by atoms with Gasteiger partial charge in [-0.05, 0) is 98.7 Å². The van der Waals surface area contributed by atoms with Crippen molar-refractivity contribution in [1.82, 2.24) is 10.2 Å². The Hall–Kier alpha value is -2.94. The molecule has 0 saturated heterocycles. The van der Waals surface area contributed by atoms with Crippen LogP contribution in [-0.4, -0.2) is 54.6 Å². The second kappa shape index (κ2) is 15.6. The summed E-state index contributed by atoms with van der Waals surface area (Å²) < 4.78 is 0. The van der Waals surface area contributed by atoms with Gasteiger partial charge in [0.25, 0.3) is 11.8 Å². The number of carbonyl (C=O) groups excluding carboxylic acids is 2. The summed E-state index contributed by atoms with van der Waals surface area (Å²) in [7, 11) is 3.09. The number of hydrogen-bond donors (Lipinski definition) is 3. The van der Waals surface area contributed by atoms with E-state index in [1.165, 1.54) is 7.05 Å². The Labute approximate surface area is 279 Å². The highest BCUT2D eigenvalue weighted by Crippen LogP contribution is 2.48. The molecule has 0 bridgehead atoms. The number of nitrogens with two attached hydrogens (primary N) is 2. The Balaban J connectivity index is 0.00000271. The number of amides is 2. The fraction of sp³-hybridized carbons (Fsp3) is 0.543. The molecule has 1 saturated carbocycles. The topological polar surface area (TPSA) is 126 Å². The molecule has 1 atom stereocenters. The van der Waals surface area contributed by atoms with Crippen LogP contribution in [0.1, 0.15) is 101 Å². The van der Waals surface area contributed by atoms with Crippen LogP contribution in [0.25, 0.3) is 0 Å². The summed E-state index contributed by atoms with van der Waals surface area (Å²) in [4.78, 5) is 38.5. The van der Waals surface area contributed by atoms with Gasteiger partial charge in [-0.1, -0.05) is 70.0 Å². The largest absolute Gasteiger partial charge is 0.386 e. The average molecular weight is 658 g/mol. The highest BCUT2D eigenvalue weighted by atomic mass is 35.5. The summed E-state index contributed by atoms with van der Waals surface area (Å²) in [6.45, 7) is 11.4. The van der Waals surface area contributed by atoms with E-state index in [0.717, 1.165) is 44.1 Å². The summed E-state index contributed by atoms with van der Waals surface area (Å²) >= 11 is 12.8. The normalized spacial score (nSPS) is 21.0. The second-order valence-corrected chi connectivity index (χ2v) is 14.4. The number of halogens is 2. The van der Waals surface area contributed by atoms with E-state index in [0.29, 0.717) is 44.6 Å². The van der Waals surface area contributed by atoms with E-state index in [-0.39, 0.29) is 29.8 Å². The number of rotatable bonds is 9. The summed E-state index contributed by atoms with van der Waals surface area (Å²) in [6.07, 6.45) is 5.27. The molecule has 1 spiro atoms. The van der Waals surface area contributed by atoms with E-state index in [4.69, 9.17) is 33.9 Å². The fourth-order valence-corrected chi connectivity index (χ4v) is 6.79. The van der Waals surface area contributed by atoms with Gasteiger partial charge in [-0.25, -0.2) is 0 Å². The molecular formula is C35H50Cl2N6O2. The monoisotopic (exact) mass is 656 g/mol. The molecule has 0 radical (unpaired) electrons. The second-order valence-electron chi connectivity index (χ2n) is 13.5. The van der Waals surface area contributed by atoms with Crippen LogP contribution in [0.3, 0.4) is 0 Å². The number of nitrogens with one attached hydrogen (secondary N) is 1. The van der Waals surface area contributed by atoms with Crippen molar-refractivity contribution in [2.24, 2.45) is 38.7 Å². The van der Waals surface area contributed by atoms with Crippen LogP contribution in [0, 0.1) is 17.3 Å². The number of aliphatic imine (C=N–C) groups is 2.